The molecule has 3 aromatic rings. The molecule has 0 amide bonds. The Kier molecular flexibility index (Phi) is 5.84. The molecule has 3 aromatic carbocycles. The van der Waals surface area contributed by atoms with Crippen molar-refractivity contribution in [2.24, 2.45) is 0 Å². The topological polar surface area (TPSA) is 42.0 Å². The van der Waals surface area contributed by atoms with Crippen LogP contribution in [0.15, 0.2) is 60.4 Å². The van der Waals surface area contributed by atoms with Crippen LogP contribution in [0.25, 0.3) is 6.08 Å². The highest BCUT2D eigenvalue weighted by Gasteiger charge is 2.33. The Morgan fingerprint density at radius 2 is 1.79 bits per heavy atom. The zero-order valence-electron chi connectivity index (χ0n) is 19.6. The van der Waals surface area contributed by atoms with Crippen LogP contribution in [0.3, 0.4) is 0 Å². The third-order valence-electron chi connectivity index (χ3n) is 6.34. The normalized spacial score (nSPS) is 16.1. The second-order valence-electron chi connectivity index (χ2n) is 8.99. The van der Waals surface area contributed by atoms with Gasteiger partial charge in [-0.1, -0.05) is 24.3 Å². The molecule has 0 radical (unpaired) electrons. The van der Waals surface area contributed by atoms with Crippen LogP contribution in [0.4, 0.5) is 10.1 Å². The van der Waals surface area contributed by atoms with E-state index >= 15 is 0 Å². The molecule has 34 heavy (non-hydrogen) atoms. The summed E-state index contributed by atoms with van der Waals surface area (Å²) in [5.41, 5.74) is 5.49. The molecule has 0 aromatic heterocycles. The highest BCUT2D eigenvalue weighted by Crippen LogP contribution is 2.43. The Morgan fingerprint density at radius 1 is 1.06 bits per heavy atom. The number of rotatable bonds is 5. The van der Waals surface area contributed by atoms with Gasteiger partial charge in [-0.15, -0.1) is 0 Å². The second kappa shape index (κ2) is 8.95. The molecule has 0 saturated carbocycles. The van der Waals surface area contributed by atoms with Gasteiger partial charge in [-0.25, -0.2) is 4.39 Å². The van der Waals surface area contributed by atoms with Crippen LogP contribution < -0.4 is 14.4 Å². The van der Waals surface area contributed by atoms with Crippen LogP contribution in [-0.2, 0) is 13.0 Å². The first-order chi connectivity index (χ1) is 16.4. The number of fused-ring (bicyclic) bond motifs is 2. The van der Waals surface area contributed by atoms with Crippen molar-refractivity contribution in [2.75, 3.05) is 32.3 Å². The minimum absolute atomic E-state index is 0.110. The number of halogens is 1. The summed E-state index contributed by atoms with van der Waals surface area (Å²) in [6, 6.07) is 16.5. The summed E-state index contributed by atoms with van der Waals surface area (Å²) >= 11 is 0. The Labute approximate surface area is 199 Å². The van der Waals surface area contributed by atoms with Gasteiger partial charge in [-0.3, -0.25) is 9.69 Å². The molecule has 2 heterocycles. The Morgan fingerprint density at radius 3 is 2.50 bits per heavy atom. The third kappa shape index (κ3) is 4.29. The quantitative estimate of drug-likeness (QED) is 0.491. The largest absolute Gasteiger partial charge is 0.477 e. The summed E-state index contributed by atoms with van der Waals surface area (Å²) in [4.78, 5) is 17.4. The maximum atomic E-state index is 13.1. The molecule has 0 atom stereocenters. The van der Waals surface area contributed by atoms with Gasteiger partial charge in [-0.05, 0) is 60.9 Å². The number of ether oxygens (including phenoxy) is 2. The fourth-order valence-electron chi connectivity index (χ4n) is 4.40. The molecule has 0 bridgehead atoms. The molecule has 5 rings (SSSR count). The van der Waals surface area contributed by atoms with Gasteiger partial charge in [0.05, 0.1) is 5.56 Å². The van der Waals surface area contributed by atoms with Crippen molar-refractivity contribution >= 4 is 17.5 Å². The first kappa shape index (κ1) is 22.2. The van der Waals surface area contributed by atoms with Crippen LogP contribution in [0.1, 0.15) is 32.6 Å². The molecule has 0 fully saturated rings. The van der Waals surface area contributed by atoms with Crippen LogP contribution in [0.5, 0.6) is 11.5 Å². The predicted octanol–water partition coefficient (Wildman–Crippen LogP) is 5.21. The van der Waals surface area contributed by atoms with E-state index < -0.39 is 0 Å². The number of carbonyl (C=O) groups is 1. The zero-order valence-corrected chi connectivity index (χ0v) is 19.6. The van der Waals surface area contributed by atoms with Crippen LogP contribution >= 0.6 is 0 Å². The average Bonchev–Trinajstić information content (AvgIpc) is 3.14. The van der Waals surface area contributed by atoms with Gasteiger partial charge in [0.1, 0.15) is 24.0 Å². The Balaban J connectivity index is 1.33. The minimum Gasteiger partial charge on any atom is -0.477 e. The van der Waals surface area contributed by atoms with E-state index in [0.717, 1.165) is 46.7 Å². The fourth-order valence-corrected chi connectivity index (χ4v) is 4.40. The van der Waals surface area contributed by atoms with E-state index in [-0.39, 0.29) is 11.6 Å². The van der Waals surface area contributed by atoms with Gasteiger partial charge >= 0.3 is 0 Å². The smallest absolute Gasteiger partial charge is 0.231 e. The van der Waals surface area contributed by atoms with Crippen molar-refractivity contribution < 1.29 is 18.7 Å². The monoisotopic (exact) mass is 458 g/mol. The number of hydrogen-bond acceptors (Lipinski definition) is 5. The SMILES string of the molecule is Cc1c2c(cc3c1O/C(=C\c1ccc(N(C)C)cc1)C3=O)CN(CCc1ccc(F)cc1)CO2. The zero-order chi connectivity index (χ0) is 23.8. The van der Waals surface area contributed by atoms with Crippen molar-refractivity contribution in [1.29, 1.82) is 0 Å². The number of hydrogen-bond donors (Lipinski definition) is 0. The van der Waals surface area contributed by atoms with E-state index in [9.17, 15) is 9.18 Å². The molecule has 0 spiro atoms. The van der Waals surface area contributed by atoms with E-state index in [1.165, 1.54) is 12.1 Å². The highest BCUT2D eigenvalue weighted by molar-refractivity contribution is 6.15. The standard InChI is InChI=1S/C28H27FN2O3/c1-18-27-21(16-31(17-33-27)13-12-19-4-8-22(29)9-5-19)15-24-26(32)25(34-28(18)24)14-20-6-10-23(11-7-20)30(2)3/h4-11,14-15H,12-13,16-17H2,1-3H3/b25-14-. The van der Waals surface area contributed by atoms with E-state index in [2.05, 4.69) is 4.90 Å². The first-order valence-corrected chi connectivity index (χ1v) is 11.4. The Hall–Kier alpha value is -3.64. The average molecular weight is 459 g/mol. The van der Waals surface area contributed by atoms with E-state index in [1.807, 2.05) is 68.4 Å². The summed E-state index contributed by atoms with van der Waals surface area (Å²) in [5.74, 6) is 1.36. The van der Waals surface area contributed by atoms with Crippen molar-refractivity contribution in [3.63, 3.8) is 0 Å². The van der Waals surface area contributed by atoms with Crippen molar-refractivity contribution in [3.8, 4) is 11.5 Å². The van der Waals surface area contributed by atoms with Crippen molar-refractivity contribution in [3.05, 3.63) is 94.0 Å². The summed E-state index contributed by atoms with van der Waals surface area (Å²) < 4.78 is 25.2. The van der Waals surface area contributed by atoms with Gasteiger partial charge in [-0.2, -0.15) is 0 Å². The maximum absolute atomic E-state index is 13.1. The molecule has 6 heteroatoms. The summed E-state index contributed by atoms with van der Waals surface area (Å²) in [6.07, 6.45) is 2.58. The van der Waals surface area contributed by atoms with Crippen molar-refractivity contribution in [1.82, 2.24) is 4.90 Å². The lowest BCUT2D eigenvalue weighted by molar-refractivity contribution is 0.0954. The number of ketones is 1. The number of Topliss-reactive ketones (excluding diaryl/α,β-unsaturated/α-hetero) is 1. The molecule has 0 unspecified atom stereocenters. The highest BCUT2D eigenvalue weighted by atomic mass is 19.1. The number of allylic oxidation sites excluding steroid dienone is 1. The van der Waals surface area contributed by atoms with E-state index in [1.54, 1.807) is 6.08 Å². The van der Waals surface area contributed by atoms with Crippen molar-refractivity contribution in [2.45, 2.75) is 19.9 Å². The van der Waals surface area contributed by atoms with Crippen LogP contribution in [-0.4, -0.2) is 38.1 Å². The molecule has 0 aliphatic carbocycles. The summed E-state index contributed by atoms with van der Waals surface area (Å²) in [6.45, 7) is 3.86. The molecule has 174 valence electrons. The molecule has 2 aliphatic rings. The molecular weight excluding hydrogens is 431 g/mol. The van der Waals surface area contributed by atoms with Gasteiger partial charge < -0.3 is 14.4 Å². The lowest BCUT2D eigenvalue weighted by atomic mass is 10.00. The van der Waals surface area contributed by atoms with E-state index in [0.29, 0.717) is 30.3 Å². The minimum atomic E-state index is -0.228. The summed E-state index contributed by atoms with van der Waals surface area (Å²) in [7, 11) is 3.98. The lowest BCUT2D eigenvalue weighted by Crippen LogP contribution is -2.34. The predicted molar refractivity (Wildman–Crippen MR) is 131 cm³/mol. The number of nitrogens with zero attached hydrogens (tertiary/aromatic N) is 2. The van der Waals surface area contributed by atoms with Gasteiger partial charge in [0.25, 0.3) is 0 Å². The van der Waals surface area contributed by atoms with Gasteiger partial charge in [0, 0.05) is 44.0 Å². The molecule has 2 aliphatic heterocycles. The third-order valence-corrected chi connectivity index (χ3v) is 6.34. The molecule has 5 nitrogen and oxygen atoms in total. The van der Waals surface area contributed by atoms with Gasteiger partial charge in [0.2, 0.25) is 5.78 Å². The van der Waals surface area contributed by atoms with Crippen LogP contribution in [0.2, 0.25) is 0 Å². The van der Waals surface area contributed by atoms with E-state index in [4.69, 9.17) is 9.47 Å². The first-order valence-electron chi connectivity index (χ1n) is 11.4. The number of anilines is 1. The molecule has 0 saturated heterocycles. The number of carbonyl (C=O) groups excluding carboxylic acids is 1. The summed E-state index contributed by atoms with van der Waals surface area (Å²) in [5, 5.41) is 0. The second-order valence-corrected chi connectivity index (χ2v) is 8.99. The molecular formula is C28H27FN2O3. The van der Waals surface area contributed by atoms with Gasteiger partial charge in [0.15, 0.2) is 5.76 Å². The number of benzene rings is 3. The molecule has 0 N–H and O–H groups in total. The maximum Gasteiger partial charge on any atom is 0.231 e. The lowest BCUT2D eigenvalue weighted by Gasteiger charge is -2.30. The Bertz CT molecular complexity index is 1260. The fraction of sp³-hybridized carbons (Fsp3) is 0.250. The van der Waals surface area contributed by atoms with Crippen LogP contribution in [0, 0.1) is 12.7 Å².